The number of benzene rings is 3. The summed E-state index contributed by atoms with van der Waals surface area (Å²) in [6, 6.07) is 26.4. The first-order valence-electron chi connectivity index (χ1n) is 10.5. The summed E-state index contributed by atoms with van der Waals surface area (Å²) in [5.41, 5.74) is 3.45. The first-order chi connectivity index (χ1) is 14.4. The van der Waals surface area contributed by atoms with E-state index in [1.54, 1.807) is 6.92 Å². The van der Waals surface area contributed by atoms with E-state index >= 15 is 0 Å². The summed E-state index contributed by atoms with van der Waals surface area (Å²) in [5, 5.41) is 0. The Kier molecular flexibility index (Phi) is 6.94. The molecule has 0 N–H and O–H groups in total. The van der Waals surface area contributed by atoms with Crippen molar-refractivity contribution in [2.24, 2.45) is 0 Å². The quantitative estimate of drug-likeness (QED) is 0.408. The van der Waals surface area contributed by atoms with E-state index in [-0.39, 0.29) is 5.97 Å². The molecule has 0 aromatic heterocycles. The molecule has 1 atom stereocenters. The molecule has 3 nitrogen and oxygen atoms in total. The normalized spacial score (nSPS) is 13.0. The molecule has 0 spiro atoms. The third-order valence-corrected chi connectivity index (χ3v) is 5.20. The van der Waals surface area contributed by atoms with Crippen molar-refractivity contribution in [1.29, 1.82) is 0 Å². The summed E-state index contributed by atoms with van der Waals surface area (Å²) < 4.78 is 11.5. The molecule has 156 valence electrons. The van der Waals surface area contributed by atoms with E-state index < -0.39 is 5.60 Å². The molecule has 0 aliphatic rings. The van der Waals surface area contributed by atoms with E-state index in [0.29, 0.717) is 24.7 Å². The average molecular weight is 403 g/mol. The Balaban J connectivity index is 1.81. The molecule has 0 aliphatic heterocycles. The Morgan fingerprint density at radius 3 is 2.03 bits per heavy atom. The van der Waals surface area contributed by atoms with Crippen LogP contribution in [0.3, 0.4) is 0 Å². The molecule has 3 aromatic carbocycles. The highest BCUT2D eigenvalue weighted by molar-refractivity contribution is 5.80. The minimum atomic E-state index is -1.11. The van der Waals surface area contributed by atoms with Crippen LogP contribution in [0.2, 0.25) is 0 Å². The van der Waals surface area contributed by atoms with E-state index in [1.165, 1.54) is 11.1 Å². The monoisotopic (exact) mass is 402 g/mol. The van der Waals surface area contributed by atoms with Crippen LogP contribution in [-0.2, 0) is 16.0 Å². The van der Waals surface area contributed by atoms with Crippen LogP contribution in [0.15, 0.2) is 78.9 Å². The van der Waals surface area contributed by atoms with Crippen LogP contribution in [0, 0.1) is 0 Å². The van der Waals surface area contributed by atoms with Gasteiger partial charge in [0.15, 0.2) is 0 Å². The van der Waals surface area contributed by atoms with Gasteiger partial charge in [0, 0.05) is 6.42 Å². The Morgan fingerprint density at radius 1 is 0.867 bits per heavy atom. The van der Waals surface area contributed by atoms with E-state index in [0.717, 1.165) is 11.1 Å². The third kappa shape index (κ3) is 5.29. The van der Waals surface area contributed by atoms with Crippen LogP contribution in [0.1, 0.15) is 44.7 Å². The van der Waals surface area contributed by atoms with Crippen molar-refractivity contribution in [3.05, 3.63) is 90.0 Å². The smallest absolute Gasteiger partial charge is 0.350 e. The van der Waals surface area contributed by atoms with Crippen molar-refractivity contribution in [3.8, 4) is 16.9 Å². The summed E-state index contributed by atoms with van der Waals surface area (Å²) >= 11 is 0. The summed E-state index contributed by atoms with van der Waals surface area (Å²) in [5.74, 6) is 0.750. The molecule has 0 saturated carbocycles. The van der Waals surface area contributed by atoms with Crippen LogP contribution >= 0.6 is 0 Å². The first-order valence-corrected chi connectivity index (χ1v) is 10.5. The zero-order valence-corrected chi connectivity index (χ0v) is 18.2. The van der Waals surface area contributed by atoms with Gasteiger partial charge in [-0.1, -0.05) is 80.6 Å². The van der Waals surface area contributed by atoms with Gasteiger partial charge in [-0.15, -0.1) is 0 Å². The largest absolute Gasteiger partial charge is 0.476 e. The number of hydrogen-bond donors (Lipinski definition) is 0. The topological polar surface area (TPSA) is 35.5 Å². The number of ether oxygens (including phenoxy) is 2. The lowest BCUT2D eigenvalue weighted by Gasteiger charge is -2.29. The lowest BCUT2D eigenvalue weighted by atomic mass is 9.94. The van der Waals surface area contributed by atoms with Gasteiger partial charge in [-0.25, -0.2) is 4.79 Å². The molecule has 1 unspecified atom stereocenters. The predicted molar refractivity (Wildman–Crippen MR) is 122 cm³/mol. The summed E-state index contributed by atoms with van der Waals surface area (Å²) in [6.07, 6.45) is 0.423. The maximum absolute atomic E-state index is 12.8. The maximum Gasteiger partial charge on any atom is 0.350 e. The Morgan fingerprint density at radius 2 is 1.47 bits per heavy atom. The Bertz CT molecular complexity index is 944. The van der Waals surface area contributed by atoms with Crippen LogP contribution in [0.25, 0.3) is 11.1 Å². The van der Waals surface area contributed by atoms with Crippen LogP contribution < -0.4 is 4.74 Å². The van der Waals surface area contributed by atoms with Crippen LogP contribution in [0.5, 0.6) is 5.75 Å². The molecule has 30 heavy (non-hydrogen) atoms. The summed E-state index contributed by atoms with van der Waals surface area (Å²) in [4.78, 5) is 12.8. The Labute approximate surface area is 179 Å². The van der Waals surface area contributed by atoms with Crippen LogP contribution in [0.4, 0.5) is 0 Å². The fourth-order valence-corrected chi connectivity index (χ4v) is 3.45. The molecule has 0 heterocycles. The molecule has 0 bridgehead atoms. The van der Waals surface area contributed by atoms with Gasteiger partial charge in [0.2, 0.25) is 5.60 Å². The molecule has 3 aromatic rings. The van der Waals surface area contributed by atoms with Gasteiger partial charge in [-0.3, -0.25) is 0 Å². The predicted octanol–water partition coefficient (Wildman–Crippen LogP) is 6.42. The second-order valence-electron chi connectivity index (χ2n) is 8.02. The van der Waals surface area contributed by atoms with E-state index in [9.17, 15) is 4.79 Å². The molecule has 0 radical (unpaired) electrons. The van der Waals surface area contributed by atoms with Gasteiger partial charge in [-0.05, 0) is 54.2 Å². The zero-order valence-electron chi connectivity index (χ0n) is 18.2. The molecule has 3 rings (SSSR count). The second-order valence-corrected chi connectivity index (χ2v) is 8.02. The SMILES string of the molecule is CCOC(=O)C(C)(Cc1ccc(-c2ccccc2)cc1)Oc1ccc(C(C)C)cc1. The van der Waals surface area contributed by atoms with Crippen molar-refractivity contribution in [3.63, 3.8) is 0 Å². The van der Waals surface area contributed by atoms with Crippen molar-refractivity contribution in [2.75, 3.05) is 6.61 Å². The molecule has 0 saturated heterocycles. The minimum absolute atomic E-state index is 0.316. The molecular formula is C27H30O3. The molecule has 0 amide bonds. The number of hydrogen-bond acceptors (Lipinski definition) is 3. The standard InChI is InChI=1S/C27H30O3/c1-5-29-26(28)27(4,30-25-17-15-22(16-18-25)20(2)3)19-21-11-13-24(14-12-21)23-9-7-6-8-10-23/h6-18,20H,5,19H2,1-4H3. The summed E-state index contributed by atoms with van der Waals surface area (Å²) in [6.45, 7) is 8.23. The van der Waals surface area contributed by atoms with Gasteiger partial charge in [0.05, 0.1) is 6.61 Å². The molecule has 3 heteroatoms. The van der Waals surface area contributed by atoms with Crippen molar-refractivity contribution in [1.82, 2.24) is 0 Å². The van der Waals surface area contributed by atoms with Crippen molar-refractivity contribution in [2.45, 2.75) is 45.6 Å². The highest BCUT2D eigenvalue weighted by Gasteiger charge is 2.37. The number of carbonyl (C=O) groups excluding carboxylic acids is 1. The highest BCUT2D eigenvalue weighted by atomic mass is 16.6. The summed E-state index contributed by atoms with van der Waals surface area (Å²) in [7, 11) is 0. The number of carbonyl (C=O) groups is 1. The van der Waals surface area contributed by atoms with Gasteiger partial charge in [0.1, 0.15) is 5.75 Å². The fourth-order valence-electron chi connectivity index (χ4n) is 3.45. The average Bonchev–Trinajstić information content (AvgIpc) is 2.75. The third-order valence-electron chi connectivity index (χ3n) is 5.20. The number of esters is 1. The van der Waals surface area contributed by atoms with Crippen molar-refractivity contribution < 1.29 is 14.3 Å². The lowest BCUT2D eigenvalue weighted by Crippen LogP contribution is -2.45. The van der Waals surface area contributed by atoms with Crippen LogP contribution in [-0.4, -0.2) is 18.2 Å². The minimum Gasteiger partial charge on any atom is -0.476 e. The van der Waals surface area contributed by atoms with Gasteiger partial charge < -0.3 is 9.47 Å². The lowest BCUT2D eigenvalue weighted by molar-refractivity contribution is -0.160. The van der Waals surface area contributed by atoms with Gasteiger partial charge in [-0.2, -0.15) is 0 Å². The van der Waals surface area contributed by atoms with Crippen molar-refractivity contribution >= 4 is 5.97 Å². The maximum atomic E-state index is 12.8. The van der Waals surface area contributed by atoms with E-state index in [1.807, 2.05) is 61.5 Å². The molecular weight excluding hydrogens is 372 g/mol. The zero-order chi connectivity index (χ0) is 21.6. The first kappa shape index (κ1) is 21.6. The fraction of sp³-hybridized carbons (Fsp3) is 0.296. The van der Waals surface area contributed by atoms with Gasteiger partial charge in [0.25, 0.3) is 0 Å². The second kappa shape index (κ2) is 9.62. The van der Waals surface area contributed by atoms with Gasteiger partial charge >= 0.3 is 5.97 Å². The molecule has 0 fully saturated rings. The molecule has 0 aliphatic carbocycles. The Hall–Kier alpha value is -3.07. The number of rotatable bonds is 8. The van der Waals surface area contributed by atoms with E-state index in [2.05, 4.69) is 38.1 Å². The van der Waals surface area contributed by atoms with E-state index in [4.69, 9.17) is 9.47 Å². The highest BCUT2D eigenvalue weighted by Crippen LogP contribution is 2.27.